The van der Waals surface area contributed by atoms with Gasteiger partial charge in [0.25, 0.3) is 0 Å². The van der Waals surface area contributed by atoms with Crippen molar-refractivity contribution in [2.24, 2.45) is 0 Å². The first kappa shape index (κ1) is 9.65. The van der Waals surface area contributed by atoms with Crippen LogP contribution in [0.4, 0.5) is 10.1 Å². The van der Waals surface area contributed by atoms with Gasteiger partial charge in [0.1, 0.15) is 5.82 Å². The normalized spacial score (nSPS) is 10.2. The molecule has 0 amide bonds. The van der Waals surface area contributed by atoms with Crippen LogP contribution in [0.2, 0.25) is 0 Å². The predicted molar refractivity (Wildman–Crippen MR) is 57.9 cm³/mol. The molecule has 2 N–H and O–H groups in total. The van der Waals surface area contributed by atoms with Gasteiger partial charge in [-0.3, -0.25) is 4.98 Å². The Bertz CT molecular complexity index is 454. The Morgan fingerprint density at radius 2 is 2.13 bits per heavy atom. The fourth-order valence-electron chi connectivity index (χ4n) is 1.45. The molecule has 0 saturated heterocycles. The van der Waals surface area contributed by atoms with Crippen molar-refractivity contribution in [3.8, 4) is 0 Å². The highest BCUT2D eigenvalue weighted by atomic mass is 19.1. The first-order valence-corrected chi connectivity index (χ1v) is 4.68. The van der Waals surface area contributed by atoms with Crippen molar-refractivity contribution in [1.29, 1.82) is 0 Å². The van der Waals surface area contributed by atoms with E-state index in [4.69, 9.17) is 5.73 Å². The number of hydrogen-bond donors (Lipinski definition) is 1. The summed E-state index contributed by atoms with van der Waals surface area (Å²) in [5, 5.41) is 0. The highest BCUT2D eigenvalue weighted by Gasteiger charge is 2.03. The molecule has 0 aliphatic rings. The first-order valence-electron chi connectivity index (χ1n) is 4.68. The molecule has 0 spiro atoms. The molecule has 1 aromatic carbocycles. The fraction of sp³-hybridized carbons (Fsp3) is 0.0833. The standard InChI is InChI=1S/C12H11FN2/c13-12-4-3-11(14)7-10(12)6-9-2-1-5-15-8-9/h1-5,7-8H,6,14H2. The topological polar surface area (TPSA) is 38.9 Å². The van der Waals surface area contributed by atoms with E-state index < -0.39 is 0 Å². The number of benzene rings is 1. The average molecular weight is 202 g/mol. The molecule has 76 valence electrons. The lowest BCUT2D eigenvalue weighted by Gasteiger charge is -2.04. The number of nitrogen functional groups attached to an aromatic ring is 1. The summed E-state index contributed by atoms with van der Waals surface area (Å²) in [7, 11) is 0. The van der Waals surface area contributed by atoms with Crippen LogP contribution in [-0.4, -0.2) is 4.98 Å². The molecule has 0 fully saturated rings. The summed E-state index contributed by atoms with van der Waals surface area (Å²) in [6.07, 6.45) is 3.94. The molecule has 15 heavy (non-hydrogen) atoms. The number of anilines is 1. The number of hydrogen-bond acceptors (Lipinski definition) is 2. The van der Waals surface area contributed by atoms with Gasteiger partial charge in [-0.2, -0.15) is 0 Å². The lowest BCUT2D eigenvalue weighted by molar-refractivity contribution is 0.614. The van der Waals surface area contributed by atoms with Crippen molar-refractivity contribution < 1.29 is 4.39 Å². The van der Waals surface area contributed by atoms with E-state index in [0.29, 0.717) is 17.7 Å². The van der Waals surface area contributed by atoms with E-state index in [2.05, 4.69) is 4.98 Å². The van der Waals surface area contributed by atoms with Crippen LogP contribution in [0.5, 0.6) is 0 Å². The Morgan fingerprint density at radius 1 is 1.27 bits per heavy atom. The molecule has 0 saturated carbocycles. The summed E-state index contributed by atoms with van der Waals surface area (Å²) >= 11 is 0. The predicted octanol–water partition coefficient (Wildman–Crippen LogP) is 2.39. The van der Waals surface area contributed by atoms with E-state index in [1.165, 1.54) is 6.07 Å². The van der Waals surface area contributed by atoms with Gasteiger partial charge < -0.3 is 5.73 Å². The minimum atomic E-state index is -0.229. The summed E-state index contributed by atoms with van der Waals surface area (Å²) < 4.78 is 13.4. The van der Waals surface area contributed by atoms with Crippen LogP contribution in [0.15, 0.2) is 42.7 Å². The van der Waals surface area contributed by atoms with Crippen molar-refractivity contribution in [2.75, 3.05) is 5.73 Å². The molecule has 2 aromatic rings. The van der Waals surface area contributed by atoms with E-state index in [-0.39, 0.29) is 5.82 Å². The Morgan fingerprint density at radius 3 is 2.87 bits per heavy atom. The highest BCUT2D eigenvalue weighted by molar-refractivity contribution is 5.42. The van der Waals surface area contributed by atoms with Crippen LogP contribution < -0.4 is 5.73 Å². The monoisotopic (exact) mass is 202 g/mol. The van der Waals surface area contributed by atoms with Gasteiger partial charge in [-0.05, 0) is 35.4 Å². The highest BCUT2D eigenvalue weighted by Crippen LogP contribution is 2.15. The maximum Gasteiger partial charge on any atom is 0.126 e. The lowest BCUT2D eigenvalue weighted by atomic mass is 10.1. The zero-order valence-corrected chi connectivity index (χ0v) is 8.15. The van der Waals surface area contributed by atoms with Crippen molar-refractivity contribution in [1.82, 2.24) is 4.98 Å². The Balaban J connectivity index is 2.28. The fourth-order valence-corrected chi connectivity index (χ4v) is 1.45. The van der Waals surface area contributed by atoms with Gasteiger partial charge in [-0.15, -0.1) is 0 Å². The summed E-state index contributed by atoms with van der Waals surface area (Å²) in [5.74, 6) is -0.229. The Labute approximate surface area is 87.6 Å². The molecule has 2 rings (SSSR count). The summed E-state index contributed by atoms with van der Waals surface area (Å²) in [5.41, 5.74) is 7.75. The molecule has 1 heterocycles. The third kappa shape index (κ3) is 2.31. The number of aromatic nitrogens is 1. The van der Waals surface area contributed by atoms with Gasteiger partial charge >= 0.3 is 0 Å². The van der Waals surface area contributed by atoms with Gasteiger partial charge in [0.15, 0.2) is 0 Å². The van der Waals surface area contributed by atoms with E-state index in [9.17, 15) is 4.39 Å². The smallest absolute Gasteiger partial charge is 0.126 e. The molecule has 0 radical (unpaired) electrons. The van der Waals surface area contributed by atoms with E-state index in [1.807, 2.05) is 12.1 Å². The van der Waals surface area contributed by atoms with Crippen LogP contribution in [0.3, 0.4) is 0 Å². The molecule has 0 aliphatic carbocycles. The summed E-state index contributed by atoms with van der Waals surface area (Å²) in [6, 6.07) is 8.35. The second-order valence-electron chi connectivity index (χ2n) is 3.39. The maximum absolute atomic E-state index is 13.4. The van der Waals surface area contributed by atoms with Crippen molar-refractivity contribution >= 4 is 5.69 Å². The third-order valence-corrected chi connectivity index (χ3v) is 2.19. The van der Waals surface area contributed by atoms with Crippen molar-refractivity contribution in [3.63, 3.8) is 0 Å². The van der Waals surface area contributed by atoms with E-state index in [0.717, 1.165) is 5.56 Å². The van der Waals surface area contributed by atoms with Gasteiger partial charge in [-0.1, -0.05) is 6.07 Å². The number of rotatable bonds is 2. The molecule has 0 aliphatic heterocycles. The lowest BCUT2D eigenvalue weighted by Crippen LogP contribution is -1.95. The molecule has 2 nitrogen and oxygen atoms in total. The second-order valence-corrected chi connectivity index (χ2v) is 3.39. The van der Waals surface area contributed by atoms with Gasteiger partial charge in [0.2, 0.25) is 0 Å². The zero-order chi connectivity index (χ0) is 10.7. The van der Waals surface area contributed by atoms with Crippen LogP contribution in [0.1, 0.15) is 11.1 Å². The Kier molecular flexibility index (Phi) is 2.63. The van der Waals surface area contributed by atoms with E-state index in [1.54, 1.807) is 24.5 Å². The van der Waals surface area contributed by atoms with E-state index >= 15 is 0 Å². The number of nitrogens with zero attached hydrogens (tertiary/aromatic N) is 1. The molecule has 0 unspecified atom stereocenters. The van der Waals surface area contributed by atoms with Gasteiger partial charge in [-0.25, -0.2) is 4.39 Å². The molecule has 0 atom stereocenters. The van der Waals surface area contributed by atoms with Crippen LogP contribution in [0, 0.1) is 5.82 Å². The minimum Gasteiger partial charge on any atom is -0.399 e. The second kappa shape index (κ2) is 4.09. The molecule has 3 heteroatoms. The van der Waals surface area contributed by atoms with Crippen molar-refractivity contribution in [3.05, 3.63) is 59.7 Å². The molecule has 0 bridgehead atoms. The maximum atomic E-state index is 13.4. The zero-order valence-electron chi connectivity index (χ0n) is 8.15. The number of pyridine rings is 1. The SMILES string of the molecule is Nc1ccc(F)c(Cc2cccnc2)c1. The summed E-state index contributed by atoms with van der Waals surface area (Å²) in [4.78, 5) is 3.98. The van der Waals surface area contributed by atoms with Crippen LogP contribution in [0.25, 0.3) is 0 Å². The molecule has 1 aromatic heterocycles. The first-order chi connectivity index (χ1) is 7.25. The quantitative estimate of drug-likeness (QED) is 0.759. The molecular weight excluding hydrogens is 191 g/mol. The van der Waals surface area contributed by atoms with Crippen LogP contribution >= 0.6 is 0 Å². The van der Waals surface area contributed by atoms with Gasteiger partial charge in [0.05, 0.1) is 0 Å². The Hall–Kier alpha value is -1.90. The number of halogens is 1. The van der Waals surface area contributed by atoms with Gasteiger partial charge in [0, 0.05) is 24.5 Å². The minimum absolute atomic E-state index is 0.229. The molecular formula is C12H11FN2. The summed E-state index contributed by atoms with van der Waals surface area (Å²) in [6.45, 7) is 0. The van der Waals surface area contributed by atoms with Crippen molar-refractivity contribution in [2.45, 2.75) is 6.42 Å². The largest absolute Gasteiger partial charge is 0.399 e. The van der Waals surface area contributed by atoms with Crippen LogP contribution in [-0.2, 0) is 6.42 Å². The average Bonchev–Trinajstić information content (AvgIpc) is 2.25. The third-order valence-electron chi connectivity index (χ3n) is 2.19. The number of nitrogens with two attached hydrogens (primary N) is 1.